The molecule has 3 rings (SSSR count). The van der Waals surface area contributed by atoms with E-state index >= 15 is 0 Å². The predicted molar refractivity (Wildman–Crippen MR) is 67.7 cm³/mol. The zero-order valence-electron chi connectivity index (χ0n) is 9.79. The summed E-state index contributed by atoms with van der Waals surface area (Å²) in [6, 6.07) is -1.09. The van der Waals surface area contributed by atoms with Crippen LogP contribution in [0.15, 0.2) is 12.5 Å². The van der Waals surface area contributed by atoms with Crippen molar-refractivity contribution >= 4 is 22.6 Å². The second kappa shape index (κ2) is 4.69. The summed E-state index contributed by atoms with van der Waals surface area (Å²) in [7, 11) is 0. The van der Waals surface area contributed by atoms with Crippen molar-refractivity contribution in [3.63, 3.8) is 0 Å². The maximum Gasteiger partial charge on any atom is 0.156 e. The van der Waals surface area contributed by atoms with Crippen LogP contribution in [0, 0.1) is 0 Å². The number of nitrogens with zero attached hydrogens (tertiary/aromatic N) is 2. The zero-order chi connectivity index (χ0) is 13.6. The van der Waals surface area contributed by atoms with E-state index in [1.165, 1.54) is 6.33 Å². The van der Waals surface area contributed by atoms with Gasteiger partial charge in [0.15, 0.2) is 5.15 Å². The Morgan fingerprint density at radius 2 is 2.05 bits per heavy atom. The molecule has 0 spiro atoms. The molecule has 2 aromatic rings. The van der Waals surface area contributed by atoms with E-state index in [1.54, 1.807) is 6.20 Å². The lowest BCUT2D eigenvalue weighted by Gasteiger charge is -2.14. The first kappa shape index (κ1) is 12.8. The molecule has 5 N–H and O–H groups in total. The first-order valence-corrected chi connectivity index (χ1v) is 6.21. The molecule has 7 nitrogen and oxygen atoms in total. The van der Waals surface area contributed by atoms with E-state index in [2.05, 4.69) is 20.3 Å². The Kier molecular flexibility index (Phi) is 3.15. The van der Waals surface area contributed by atoms with Crippen molar-refractivity contribution in [1.29, 1.82) is 0 Å². The van der Waals surface area contributed by atoms with E-state index in [1.807, 2.05) is 0 Å². The average molecular weight is 285 g/mol. The lowest BCUT2D eigenvalue weighted by Crippen LogP contribution is -2.35. The highest BCUT2D eigenvalue weighted by Gasteiger charge is 2.42. The molecule has 4 atom stereocenters. The highest BCUT2D eigenvalue weighted by Crippen LogP contribution is 2.32. The van der Waals surface area contributed by atoms with Crippen LogP contribution < -0.4 is 5.32 Å². The maximum absolute atomic E-state index is 10.0. The van der Waals surface area contributed by atoms with Gasteiger partial charge in [0.2, 0.25) is 0 Å². The van der Waals surface area contributed by atoms with Gasteiger partial charge < -0.3 is 25.6 Å². The van der Waals surface area contributed by atoms with Crippen molar-refractivity contribution in [3.8, 4) is 0 Å². The number of hydrogen-bond acceptors (Lipinski definition) is 6. The van der Waals surface area contributed by atoms with Crippen LogP contribution in [0.4, 0.5) is 0 Å². The number of aliphatic hydroxyl groups excluding tert-OH is 3. The van der Waals surface area contributed by atoms with Gasteiger partial charge in [0.05, 0.1) is 30.3 Å². The molecule has 0 aliphatic carbocycles. The molecule has 0 bridgehead atoms. The fraction of sp³-hybridized carbons (Fsp3) is 0.455. The molecule has 0 radical (unpaired) electrons. The molecule has 3 heterocycles. The smallest absolute Gasteiger partial charge is 0.156 e. The standard InChI is InChI=1S/C11H13ClN4O3/c12-11-8-6(14-3-15-11)4(1-13-8)7-10(19)9(18)5(2-17)16-7/h1,3,5,7,9-10,13,16-19H,2H2. The van der Waals surface area contributed by atoms with Crippen molar-refractivity contribution in [2.75, 3.05) is 6.61 Å². The molecule has 1 fully saturated rings. The summed E-state index contributed by atoms with van der Waals surface area (Å²) < 4.78 is 0. The van der Waals surface area contributed by atoms with E-state index in [9.17, 15) is 10.2 Å². The highest BCUT2D eigenvalue weighted by molar-refractivity contribution is 6.33. The zero-order valence-corrected chi connectivity index (χ0v) is 10.5. The van der Waals surface area contributed by atoms with Gasteiger partial charge in [-0.3, -0.25) is 0 Å². The van der Waals surface area contributed by atoms with Crippen LogP contribution in [0.25, 0.3) is 11.0 Å². The Morgan fingerprint density at radius 1 is 1.26 bits per heavy atom. The van der Waals surface area contributed by atoms with Crippen molar-refractivity contribution in [1.82, 2.24) is 20.3 Å². The van der Waals surface area contributed by atoms with Gasteiger partial charge in [-0.25, -0.2) is 9.97 Å². The number of hydrogen-bond donors (Lipinski definition) is 5. The molecule has 8 heteroatoms. The molecular weight excluding hydrogens is 272 g/mol. The summed E-state index contributed by atoms with van der Waals surface area (Å²) in [5.41, 5.74) is 1.85. The van der Waals surface area contributed by atoms with Crippen LogP contribution in [-0.2, 0) is 0 Å². The summed E-state index contributed by atoms with van der Waals surface area (Å²) in [5.74, 6) is 0. The third-order valence-corrected chi connectivity index (χ3v) is 3.76. The average Bonchev–Trinajstić information content (AvgIpc) is 2.94. The Bertz CT molecular complexity index is 605. The minimum Gasteiger partial charge on any atom is -0.395 e. The van der Waals surface area contributed by atoms with Gasteiger partial charge >= 0.3 is 0 Å². The number of aromatic nitrogens is 3. The summed E-state index contributed by atoms with van der Waals surface area (Å²) in [4.78, 5) is 10.9. The predicted octanol–water partition coefficient (Wildman–Crippen LogP) is -0.662. The van der Waals surface area contributed by atoms with Crippen LogP contribution in [0.1, 0.15) is 11.6 Å². The number of halogens is 1. The third-order valence-electron chi connectivity index (χ3n) is 3.48. The Balaban J connectivity index is 2.04. The fourth-order valence-corrected chi connectivity index (χ4v) is 2.65. The molecule has 1 saturated heterocycles. The molecule has 19 heavy (non-hydrogen) atoms. The summed E-state index contributed by atoms with van der Waals surface area (Å²) in [5, 5.41) is 32.3. The minimum absolute atomic E-state index is 0.257. The second-order valence-electron chi connectivity index (χ2n) is 4.55. The number of H-pyrrole nitrogens is 1. The second-order valence-corrected chi connectivity index (χ2v) is 4.90. The van der Waals surface area contributed by atoms with Crippen molar-refractivity contribution in [2.45, 2.75) is 24.3 Å². The Hall–Kier alpha value is -1.25. The maximum atomic E-state index is 10.0. The lowest BCUT2D eigenvalue weighted by atomic mass is 10.0. The van der Waals surface area contributed by atoms with E-state index in [4.69, 9.17) is 16.7 Å². The van der Waals surface area contributed by atoms with Gasteiger partial charge in [-0.1, -0.05) is 11.6 Å². The molecule has 0 saturated carbocycles. The monoisotopic (exact) mass is 284 g/mol. The Labute approximate surface area is 113 Å². The van der Waals surface area contributed by atoms with Crippen molar-refractivity contribution in [3.05, 3.63) is 23.2 Å². The SMILES string of the molecule is OCC1NC(c2c[nH]c3c(Cl)ncnc23)C(O)C1O. The first-order valence-electron chi connectivity index (χ1n) is 5.84. The van der Waals surface area contributed by atoms with Crippen molar-refractivity contribution < 1.29 is 15.3 Å². The minimum atomic E-state index is -1.03. The molecule has 1 aliphatic heterocycles. The molecular formula is C11H13ClN4O3. The summed E-state index contributed by atoms with van der Waals surface area (Å²) in [6.07, 6.45) is 0.948. The molecule has 102 valence electrons. The van der Waals surface area contributed by atoms with Crippen LogP contribution >= 0.6 is 11.6 Å². The fourth-order valence-electron chi connectivity index (χ4n) is 2.46. The van der Waals surface area contributed by atoms with E-state index in [-0.39, 0.29) is 6.61 Å². The Morgan fingerprint density at radius 3 is 2.74 bits per heavy atom. The van der Waals surface area contributed by atoms with Gasteiger partial charge in [-0.15, -0.1) is 0 Å². The topological polar surface area (TPSA) is 114 Å². The number of nitrogens with one attached hydrogen (secondary N) is 2. The van der Waals surface area contributed by atoms with Crippen LogP contribution in [-0.4, -0.2) is 55.1 Å². The molecule has 1 aliphatic rings. The van der Waals surface area contributed by atoms with E-state index in [0.717, 1.165) is 0 Å². The van der Waals surface area contributed by atoms with Crippen molar-refractivity contribution in [2.24, 2.45) is 0 Å². The molecule has 0 aromatic carbocycles. The van der Waals surface area contributed by atoms with Gasteiger partial charge in [0.1, 0.15) is 17.9 Å². The van der Waals surface area contributed by atoms with Crippen LogP contribution in [0.5, 0.6) is 0 Å². The lowest BCUT2D eigenvalue weighted by molar-refractivity contribution is 0.0196. The van der Waals surface area contributed by atoms with Crippen LogP contribution in [0.2, 0.25) is 5.15 Å². The number of rotatable bonds is 2. The third kappa shape index (κ3) is 1.90. The van der Waals surface area contributed by atoms with E-state index in [0.29, 0.717) is 21.7 Å². The normalized spacial score (nSPS) is 31.2. The summed E-state index contributed by atoms with van der Waals surface area (Å²) >= 11 is 5.94. The number of aliphatic hydroxyl groups is 3. The van der Waals surface area contributed by atoms with Gasteiger partial charge in [0, 0.05) is 11.8 Å². The van der Waals surface area contributed by atoms with Crippen LogP contribution in [0.3, 0.4) is 0 Å². The van der Waals surface area contributed by atoms with E-state index < -0.39 is 24.3 Å². The van der Waals surface area contributed by atoms with Gasteiger partial charge in [0.25, 0.3) is 0 Å². The number of aromatic amines is 1. The molecule has 2 aromatic heterocycles. The molecule has 0 amide bonds. The molecule has 4 unspecified atom stereocenters. The highest BCUT2D eigenvalue weighted by atomic mass is 35.5. The van der Waals surface area contributed by atoms with Gasteiger partial charge in [-0.05, 0) is 0 Å². The van der Waals surface area contributed by atoms with Gasteiger partial charge in [-0.2, -0.15) is 0 Å². The number of fused-ring (bicyclic) bond motifs is 1. The largest absolute Gasteiger partial charge is 0.395 e. The first-order chi connectivity index (χ1) is 9.13. The quantitative estimate of drug-likeness (QED) is 0.468. The summed E-state index contributed by atoms with van der Waals surface area (Å²) in [6.45, 7) is -0.257.